The van der Waals surface area contributed by atoms with Gasteiger partial charge >= 0.3 is 0 Å². The van der Waals surface area contributed by atoms with Gasteiger partial charge in [0, 0.05) is 12.1 Å². The van der Waals surface area contributed by atoms with E-state index in [1.807, 2.05) is 34.9 Å². The highest BCUT2D eigenvalue weighted by atomic mass is 32.1. The lowest BCUT2D eigenvalue weighted by Crippen LogP contribution is -2.14. The number of rotatable bonds is 7. The van der Waals surface area contributed by atoms with Crippen molar-refractivity contribution in [3.63, 3.8) is 0 Å². The molecule has 0 aliphatic heterocycles. The Kier molecular flexibility index (Phi) is 5.49. The van der Waals surface area contributed by atoms with Gasteiger partial charge in [-0.15, -0.1) is 0 Å². The minimum Gasteiger partial charge on any atom is -0.393 e. The number of hydrogen-bond acceptors (Lipinski definition) is 3. The fraction of sp³-hybridized carbons (Fsp3) is 0.467. The molecule has 1 atom stereocenters. The Bertz CT molecular complexity index is 576. The highest BCUT2D eigenvalue weighted by molar-refractivity contribution is 7.71. The Morgan fingerprint density at radius 1 is 1.30 bits per heavy atom. The maximum Gasteiger partial charge on any atom is 0.199 e. The fourth-order valence-corrected chi connectivity index (χ4v) is 2.51. The molecular weight excluding hydrogens is 270 g/mol. The van der Waals surface area contributed by atoms with E-state index < -0.39 is 0 Å². The third kappa shape index (κ3) is 3.77. The van der Waals surface area contributed by atoms with E-state index in [-0.39, 0.29) is 6.10 Å². The number of aliphatic hydroxyl groups excluding tert-OH is 1. The van der Waals surface area contributed by atoms with Crippen LogP contribution in [-0.2, 0) is 6.42 Å². The number of para-hydroxylation sites is 1. The molecule has 2 aromatic rings. The minimum atomic E-state index is -0.366. The first kappa shape index (κ1) is 14.9. The van der Waals surface area contributed by atoms with Crippen LogP contribution in [0, 0.1) is 4.77 Å². The number of aliphatic hydroxyl groups is 1. The van der Waals surface area contributed by atoms with Gasteiger partial charge in [-0.1, -0.05) is 44.4 Å². The van der Waals surface area contributed by atoms with E-state index in [0.717, 1.165) is 37.2 Å². The topological polar surface area (TPSA) is 53.8 Å². The molecule has 0 amide bonds. The van der Waals surface area contributed by atoms with Crippen molar-refractivity contribution in [3.8, 4) is 5.69 Å². The molecule has 4 nitrogen and oxygen atoms in total. The predicted octanol–water partition coefficient (Wildman–Crippen LogP) is 3.41. The van der Waals surface area contributed by atoms with Crippen LogP contribution < -0.4 is 0 Å². The summed E-state index contributed by atoms with van der Waals surface area (Å²) in [5, 5.41) is 17.2. The normalized spacial score (nSPS) is 12.5. The molecule has 108 valence electrons. The van der Waals surface area contributed by atoms with Crippen LogP contribution in [0.5, 0.6) is 0 Å². The number of aromatic amines is 1. The quantitative estimate of drug-likeness (QED) is 0.607. The lowest BCUT2D eigenvalue weighted by atomic mass is 10.1. The second-order valence-electron chi connectivity index (χ2n) is 4.97. The van der Waals surface area contributed by atoms with Gasteiger partial charge < -0.3 is 5.11 Å². The summed E-state index contributed by atoms with van der Waals surface area (Å²) in [6.07, 6.45) is 4.33. The maximum absolute atomic E-state index is 10.1. The molecule has 0 saturated heterocycles. The van der Waals surface area contributed by atoms with Crippen molar-refractivity contribution in [3.05, 3.63) is 40.9 Å². The second-order valence-corrected chi connectivity index (χ2v) is 5.36. The fourth-order valence-electron chi connectivity index (χ4n) is 2.25. The zero-order chi connectivity index (χ0) is 14.4. The molecule has 1 aromatic carbocycles. The molecule has 0 bridgehead atoms. The molecule has 20 heavy (non-hydrogen) atoms. The van der Waals surface area contributed by atoms with E-state index in [2.05, 4.69) is 17.1 Å². The highest BCUT2D eigenvalue weighted by Crippen LogP contribution is 2.14. The number of nitrogens with one attached hydrogen (secondary N) is 1. The number of H-pyrrole nitrogens is 1. The zero-order valence-corrected chi connectivity index (χ0v) is 12.6. The predicted molar refractivity (Wildman–Crippen MR) is 82.6 cm³/mol. The van der Waals surface area contributed by atoms with E-state index in [9.17, 15) is 5.11 Å². The lowest BCUT2D eigenvalue weighted by Gasteiger charge is -2.11. The first-order valence-corrected chi connectivity index (χ1v) is 7.53. The van der Waals surface area contributed by atoms with Crippen molar-refractivity contribution < 1.29 is 5.11 Å². The largest absolute Gasteiger partial charge is 0.393 e. The summed E-state index contributed by atoms with van der Waals surface area (Å²) in [6.45, 7) is 2.16. The molecule has 1 aromatic heterocycles. The van der Waals surface area contributed by atoms with Gasteiger partial charge in [-0.2, -0.15) is 5.10 Å². The van der Waals surface area contributed by atoms with Crippen molar-refractivity contribution in [1.82, 2.24) is 14.8 Å². The molecule has 0 unspecified atom stereocenters. The lowest BCUT2D eigenvalue weighted by molar-refractivity contribution is 0.158. The number of benzene rings is 1. The molecular formula is C15H21N3OS. The van der Waals surface area contributed by atoms with E-state index in [1.54, 1.807) is 0 Å². The summed E-state index contributed by atoms with van der Waals surface area (Å²) in [6, 6.07) is 9.86. The standard InChI is InChI=1S/C15H21N3OS/c1-2-3-5-10-13(19)11-14-16-17-15(20)18(14)12-8-6-4-7-9-12/h4,6-9,13,19H,2-3,5,10-11H2,1H3,(H,17,20)/t13-/m1/s1. The van der Waals surface area contributed by atoms with Crippen LogP contribution in [0.4, 0.5) is 0 Å². The van der Waals surface area contributed by atoms with Gasteiger partial charge in [-0.05, 0) is 30.8 Å². The van der Waals surface area contributed by atoms with Crippen molar-refractivity contribution in [2.24, 2.45) is 0 Å². The molecule has 2 N–H and O–H groups in total. The number of nitrogens with zero attached hydrogens (tertiary/aromatic N) is 2. The summed E-state index contributed by atoms with van der Waals surface area (Å²) in [7, 11) is 0. The smallest absolute Gasteiger partial charge is 0.199 e. The highest BCUT2D eigenvalue weighted by Gasteiger charge is 2.13. The number of unbranched alkanes of at least 4 members (excludes halogenated alkanes) is 2. The Morgan fingerprint density at radius 3 is 2.75 bits per heavy atom. The van der Waals surface area contributed by atoms with Gasteiger partial charge in [0.15, 0.2) is 4.77 Å². The molecule has 0 aliphatic carbocycles. The van der Waals surface area contributed by atoms with Crippen molar-refractivity contribution >= 4 is 12.2 Å². The van der Waals surface area contributed by atoms with E-state index in [0.29, 0.717) is 11.2 Å². The monoisotopic (exact) mass is 291 g/mol. The summed E-state index contributed by atoms with van der Waals surface area (Å²) in [5.74, 6) is 0.783. The van der Waals surface area contributed by atoms with Crippen LogP contribution in [0.1, 0.15) is 38.4 Å². The molecule has 0 fully saturated rings. The van der Waals surface area contributed by atoms with E-state index in [1.165, 1.54) is 0 Å². The van der Waals surface area contributed by atoms with Gasteiger partial charge in [0.1, 0.15) is 5.82 Å². The van der Waals surface area contributed by atoms with E-state index in [4.69, 9.17) is 12.2 Å². The van der Waals surface area contributed by atoms with Crippen LogP contribution in [0.25, 0.3) is 5.69 Å². The van der Waals surface area contributed by atoms with Crippen molar-refractivity contribution in [1.29, 1.82) is 0 Å². The van der Waals surface area contributed by atoms with Gasteiger partial charge in [-0.3, -0.25) is 9.67 Å². The third-order valence-electron chi connectivity index (χ3n) is 3.32. The van der Waals surface area contributed by atoms with Crippen LogP contribution in [0.3, 0.4) is 0 Å². The van der Waals surface area contributed by atoms with Crippen LogP contribution in [0.2, 0.25) is 0 Å². The van der Waals surface area contributed by atoms with Crippen LogP contribution in [0.15, 0.2) is 30.3 Å². The van der Waals surface area contributed by atoms with Crippen molar-refractivity contribution in [2.75, 3.05) is 0 Å². The molecule has 0 spiro atoms. The molecule has 0 aliphatic rings. The van der Waals surface area contributed by atoms with Gasteiger partial charge in [0.2, 0.25) is 0 Å². The molecule has 0 saturated carbocycles. The average molecular weight is 291 g/mol. The Labute approximate surface area is 124 Å². The summed E-state index contributed by atoms with van der Waals surface area (Å²) in [4.78, 5) is 0. The van der Waals surface area contributed by atoms with Crippen LogP contribution in [-0.4, -0.2) is 26.0 Å². The number of hydrogen-bond donors (Lipinski definition) is 2. The average Bonchev–Trinajstić information content (AvgIpc) is 2.81. The van der Waals surface area contributed by atoms with Crippen LogP contribution >= 0.6 is 12.2 Å². The number of aromatic nitrogens is 3. The molecule has 2 rings (SSSR count). The Morgan fingerprint density at radius 2 is 2.05 bits per heavy atom. The zero-order valence-electron chi connectivity index (χ0n) is 11.7. The minimum absolute atomic E-state index is 0.366. The van der Waals surface area contributed by atoms with Crippen molar-refractivity contribution in [2.45, 2.75) is 45.1 Å². The Balaban J connectivity index is 2.12. The summed E-state index contributed by atoms with van der Waals surface area (Å²) < 4.78 is 2.45. The summed E-state index contributed by atoms with van der Waals surface area (Å²) in [5.41, 5.74) is 0.974. The van der Waals surface area contributed by atoms with Gasteiger partial charge in [0.05, 0.1) is 6.10 Å². The SMILES string of the molecule is CCCCC[C@@H](O)Cc1n[nH]c(=S)n1-c1ccccc1. The second kappa shape index (κ2) is 7.36. The van der Waals surface area contributed by atoms with E-state index >= 15 is 0 Å². The molecule has 1 heterocycles. The van der Waals surface area contributed by atoms with Gasteiger partial charge in [-0.25, -0.2) is 0 Å². The Hall–Kier alpha value is -1.46. The molecule has 5 heteroatoms. The maximum atomic E-state index is 10.1. The first-order chi connectivity index (χ1) is 9.72. The van der Waals surface area contributed by atoms with Gasteiger partial charge in [0.25, 0.3) is 0 Å². The first-order valence-electron chi connectivity index (χ1n) is 7.12. The third-order valence-corrected chi connectivity index (χ3v) is 3.59. The summed E-state index contributed by atoms with van der Waals surface area (Å²) >= 11 is 5.28. The molecule has 0 radical (unpaired) electrons.